The predicted molar refractivity (Wildman–Crippen MR) is 64.1 cm³/mol. The summed E-state index contributed by atoms with van der Waals surface area (Å²) in [5.74, 6) is 6.16. The van der Waals surface area contributed by atoms with Crippen LogP contribution in [0.1, 0.15) is 31.7 Å². The first-order valence-corrected chi connectivity index (χ1v) is 5.43. The number of hydrogen-bond acceptors (Lipinski definition) is 2. The summed E-state index contributed by atoms with van der Waals surface area (Å²) in [5, 5.41) is 10.4. The molecule has 0 bridgehead atoms. The van der Waals surface area contributed by atoms with E-state index in [1.165, 1.54) is 12.1 Å². The van der Waals surface area contributed by atoms with Gasteiger partial charge in [-0.1, -0.05) is 19.1 Å². The summed E-state index contributed by atoms with van der Waals surface area (Å²) in [5.41, 5.74) is 1.23. The monoisotopic (exact) mass is 217 g/mol. The maximum Gasteiger partial charge on any atom is 0.269 e. The van der Waals surface area contributed by atoms with Gasteiger partial charge in [0, 0.05) is 25.0 Å². The van der Waals surface area contributed by atoms with Crippen molar-refractivity contribution in [1.82, 2.24) is 0 Å². The number of nitro benzene ring substituents is 1. The average molecular weight is 217 g/mol. The van der Waals surface area contributed by atoms with Gasteiger partial charge in [0.15, 0.2) is 0 Å². The fraction of sp³-hybridized carbons (Fsp3) is 0.385. The zero-order valence-corrected chi connectivity index (χ0v) is 9.40. The molecule has 0 heterocycles. The van der Waals surface area contributed by atoms with Crippen LogP contribution in [-0.4, -0.2) is 4.92 Å². The second-order valence-corrected chi connectivity index (χ2v) is 3.53. The van der Waals surface area contributed by atoms with Gasteiger partial charge >= 0.3 is 0 Å². The fourth-order valence-electron chi connectivity index (χ4n) is 1.29. The summed E-state index contributed by atoms with van der Waals surface area (Å²) in [4.78, 5) is 10.0. The maximum atomic E-state index is 10.4. The molecule has 0 radical (unpaired) electrons. The molecule has 0 aliphatic carbocycles. The van der Waals surface area contributed by atoms with Crippen molar-refractivity contribution < 1.29 is 4.92 Å². The third kappa shape index (κ3) is 4.14. The van der Waals surface area contributed by atoms with Crippen LogP contribution in [0.3, 0.4) is 0 Å². The van der Waals surface area contributed by atoms with Gasteiger partial charge in [-0.15, -0.1) is 11.8 Å². The zero-order valence-electron chi connectivity index (χ0n) is 9.40. The summed E-state index contributed by atoms with van der Waals surface area (Å²) >= 11 is 0. The van der Waals surface area contributed by atoms with E-state index >= 15 is 0 Å². The molecule has 0 spiro atoms. The number of non-ortho nitro benzene ring substituents is 1. The SMILES string of the molecule is CCCC#CCCc1ccc([N+](=O)[O-])cc1. The second kappa shape index (κ2) is 6.62. The van der Waals surface area contributed by atoms with Crippen molar-refractivity contribution in [1.29, 1.82) is 0 Å². The highest BCUT2D eigenvalue weighted by atomic mass is 16.6. The Morgan fingerprint density at radius 2 is 1.81 bits per heavy atom. The van der Waals surface area contributed by atoms with Crippen LogP contribution in [0, 0.1) is 22.0 Å². The zero-order chi connectivity index (χ0) is 11.8. The van der Waals surface area contributed by atoms with Crippen LogP contribution < -0.4 is 0 Å². The van der Waals surface area contributed by atoms with E-state index in [1.54, 1.807) is 12.1 Å². The van der Waals surface area contributed by atoms with Crippen LogP contribution >= 0.6 is 0 Å². The van der Waals surface area contributed by atoms with Crippen molar-refractivity contribution in [3.05, 3.63) is 39.9 Å². The lowest BCUT2D eigenvalue weighted by molar-refractivity contribution is -0.384. The van der Waals surface area contributed by atoms with Crippen molar-refractivity contribution in [2.45, 2.75) is 32.6 Å². The largest absolute Gasteiger partial charge is 0.269 e. The number of rotatable bonds is 4. The molecule has 3 heteroatoms. The summed E-state index contributed by atoms with van der Waals surface area (Å²) in [6.45, 7) is 2.10. The molecule has 84 valence electrons. The number of benzene rings is 1. The van der Waals surface area contributed by atoms with Gasteiger partial charge in [-0.2, -0.15) is 0 Å². The molecule has 0 N–H and O–H groups in total. The van der Waals surface area contributed by atoms with Gasteiger partial charge in [-0.25, -0.2) is 0 Å². The summed E-state index contributed by atoms with van der Waals surface area (Å²) < 4.78 is 0. The van der Waals surface area contributed by atoms with Crippen molar-refractivity contribution in [3.8, 4) is 11.8 Å². The molecular formula is C13H15NO2. The van der Waals surface area contributed by atoms with Gasteiger partial charge in [0.1, 0.15) is 0 Å². The normalized spacial score (nSPS) is 9.31. The van der Waals surface area contributed by atoms with E-state index in [0.29, 0.717) is 0 Å². The predicted octanol–water partition coefficient (Wildman–Crippen LogP) is 3.33. The van der Waals surface area contributed by atoms with E-state index < -0.39 is 0 Å². The van der Waals surface area contributed by atoms with Gasteiger partial charge in [-0.3, -0.25) is 10.1 Å². The third-order valence-corrected chi connectivity index (χ3v) is 2.19. The molecule has 1 rings (SSSR count). The van der Waals surface area contributed by atoms with Crippen LogP contribution in [0.4, 0.5) is 5.69 Å². The lowest BCUT2D eigenvalue weighted by Gasteiger charge is -1.96. The molecule has 0 aromatic heterocycles. The molecule has 0 unspecified atom stereocenters. The van der Waals surface area contributed by atoms with E-state index in [9.17, 15) is 10.1 Å². The lowest BCUT2D eigenvalue weighted by Crippen LogP contribution is -1.89. The summed E-state index contributed by atoms with van der Waals surface area (Å²) in [6.07, 6.45) is 3.71. The molecule has 0 aliphatic rings. The minimum absolute atomic E-state index is 0.140. The maximum absolute atomic E-state index is 10.4. The van der Waals surface area contributed by atoms with Crippen molar-refractivity contribution in [2.75, 3.05) is 0 Å². The smallest absolute Gasteiger partial charge is 0.258 e. The van der Waals surface area contributed by atoms with Crippen LogP contribution in [0.5, 0.6) is 0 Å². The van der Waals surface area contributed by atoms with Crippen molar-refractivity contribution in [3.63, 3.8) is 0 Å². The van der Waals surface area contributed by atoms with E-state index in [2.05, 4.69) is 18.8 Å². The van der Waals surface area contributed by atoms with Gasteiger partial charge in [-0.05, 0) is 18.4 Å². The Hall–Kier alpha value is -1.82. The lowest BCUT2D eigenvalue weighted by atomic mass is 10.1. The Kier molecular flexibility index (Phi) is 5.07. The fourth-order valence-corrected chi connectivity index (χ4v) is 1.29. The molecular weight excluding hydrogens is 202 g/mol. The average Bonchev–Trinajstić information content (AvgIpc) is 2.29. The Labute approximate surface area is 95.6 Å². The first kappa shape index (κ1) is 12.3. The number of hydrogen-bond donors (Lipinski definition) is 0. The van der Waals surface area contributed by atoms with Gasteiger partial charge in [0.05, 0.1) is 4.92 Å². The number of nitro groups is 1. The molecule has 16 heavy (non-hydrogen) atoms. The van der Waals surface area contributed by atoms with Crippen molar-refractivity contribution in [2.24, 2.45) is 0 Å². The molecule has 0 amide bonds. The number of aryl methyl sites for hydroxylation is 1. The molecule has 0 atom stereocenters. The van der Waals surface area contributed by atoms with E-state index in [4.69, 9.17) is 0 Å². The number of nitrogens with zero attached hydrogens (tertiary/aromatic N) is 1. The molecule has 0 saturated heterocycles. The van der Waals surface area contributed by atoms with Gasteiger partial charge in [0.2, 0.25) is 0 Å². The Morgan fingerprint density at radius 1 is 1.19 bits per heavy atom. The van der Waals surface area contributed by atoms with Gasteiger partial charge < -0.3 is 0 Å². The highest BCUT2D eigenvalue weighted by molar-refractivity contribution is 5.33. The molecule has 0 saturated carbocycles. The molecule has 1 aromatic carbocycles. The van der Waals surface area contributed by atoms with Crippen LogP contribution in [0.15, 0.2) is 24.3 Å². The van der Waals surface area contributed by atoms with Crippen LogP contribution in [0.2, 0.25) is 0 Å². The third-order valence-electron chi connectivity index (χ3n) is 2.19. The standard InChI is InChI=1S/C13H15NO2/c1-2-3-4-5-6-7-12-8-10-13(11-9-12)14(15)16/h8-11H,2-3,6-7H2,1H3. The minimum atomic E-state index is -0.384. The summed E-state index contributed by atoms with van der Waals surface area (Å²) in [7, 11) is 0. The van der Waals surface area contributed by atoms with E-state index in [1.807, 2.05) is 0 Å². The molecule has 1 aromatic rings. The Bertz CT molecular complexity index is 398. The first-order valence-electron chi connectivity index (χ1n) is 5.43. The van der Waals surface area contributed by atoms with E-state index in [0.717, 1.165) is 31.2 Å². The van der Waals surface area contributed by atoms with Crippen molar-refractivity contribution >= 4 is 5.69 Å². The highest BCUT2D eigenvalue weighted by Gasteiger charge is 2.02. The Morgan fingerprint density at radius 3 is 2.38 bits per heavy atom. The number of unbranched alkanes of at least 4 members (excludes halogenated alkanes) is 1. The second-order valence-electron chi connectivity index (χ2n) is 3.53. The van der Waals surface area contributed by atoms with Crippen LogP contribution in [-0.2, 0) is 6.42 Å². The highest BCUT2D eigenvalue weighted by Crippen LogP contribution is 2.12. The quantitative estimate of drug-likeness (QED) is 0.441. The topological polar surface area (TPSA) is 43.1 Å². The minimum Gasteiger partial charge on any atom is -0.258 e. The first-order chi connectivity index (χ1) is 7.74. The van der Waals surface area contributed by atoms with Crippen LogP contribution in [0.25, 0.3) is 0 Å². The molecule has 0 aliphatic heterocycles. The molecule has 3 nitrogen and oxygen atoms in total. The molecule has 0 fully saturated rings. The summed E-state index contributed by atoms with van der Waals surface area (Å²) in [6, 6.07) is 6.66. The van der Waals surface area contributed by atoms with Gasteiger partial charge in [0.25, 0.3) is 5.69 Å². The van der Waals surface area contributed by atoms with E-state index in [-0.39, 0.29) is 10.6 Å². The Balaban J connectivity index is 2.44.